The van der Waals surface area contributed by atoms with E-state index in [4.69, 9.17) is 4.74 Å². The molecule has 0 saturated carbocycles. The summed E-state index contributed by atoms with van der Waals surface area (Å²) >= 11 is 1.24. The molecule has 1 unspecified atom stereocenters. The summed E-state index contributed by atoms with van der Waals surface area (Å²) in [4.78, 5) is 22.0. The molecule has 0 aliphatic heterocycles. The van der Waals surface area contributed by atoms with Crippen molar-refractivity contribution < 1.29 is 14.3 Å². The van der Waals surface area contributed by atoms with Crippen LogP contribution in [0.2, 0.25) is 0 Å². The number of hydrogen-bond acceptors (Lipinski definition) is 4. The van der Waals surface area contributed by atoms with E-state index >= 15 is 0 Å². The van der Waals surface area contributed by atoms with E-state index in [1.807, 2.05) is 6.92 Å². The number of carbonyl (C=O) groups is 2. The molecule has 0 bridgehead atoms. The maximum Gasteiger partial charge on any atom is 0.306 e. The van der Waals surface area contributed by atoms with Crippen LogP contribution in [0.1, 0.15) is 40.0 Å². The van der Waals surface area contributed by atoms with Gasteiger partial charge in [0.2, 0.25) is 0 Å². The Morgan fingerprint density at radius 3 is 2.43 bits per heavy atom. The summed E-state index contributed by atoms with van der Waals surface area (Å²) < 4.78 is 4.84. The van der Waals surface area contributed by atoms with Gasteiger partial charge in [0, 0.05) is 12.2 Å². The van der Waals surface area contributed by atoms with Crippen LogP contribution in [0, 0.1) is 0 Å². The van der Waals surface area contributed by atoms with Gasteiger partial charge >= 0.3 is 5.97 Å². The highest BCUT2D eigenvalue weighted by Gasteiger charge is 2.16. The Morgan fingerprint density at radius 1 is 1.36 bits per heavy atom. The van der Waals surface area contributed by atoms with Crippen molar-refractivity contribution in [2.45, 2.75) is 45.3 Å². The van der Waals surface area contributed by atoms with Gasteiger partial charge in [-0.1, -0.05) is 25.1 Å². The van der Waals surface area contributed by atoms with E-state index in [1.54, 1.807) is 6.92 Å². The summed E-state index contributed by atoms with van der Waals surface area (Å²) in [6.45, 7) is 5.75. The van der Waals surface area contributed by atoms with Crippen LogP contribution >= 0.6 is 11.8 Å². The topological polar surface area (TPSA) is 43.4 Å². The van der Waals surface area contributed by atoms with Crippen molar-refractivity contribution in [2.24, 2.45) is 0 Å². The standard InChI is InChI=1S/C10H18O3S/c1-4-6-9(14-8(3)11)7-10(12)13-5-2/h9H,4-7H2,1-3H3. The van der Waals surface area contributed by atoms with Gasteiger partial charge in [-0.05, 0) is 13.3 Å². The maximum atomic E-state index is 11.2. The van der Waals surface area contributed by atoms with Crippen molar-refractivity contribution in [3.05, 3.63) is 0 Å². The molecule has 4 heteroatoms. The minimum absolute atomic E-state index is 0.0627. The third-order valence-corrected chi connectivity index (χ3v) is 2.71. The molecule has 0 aliphatic rings. The molecule has 0 aromatic carbocycles. The van der Waals surface area contributed by atoms with E-state index in [-0.39, 0.29) is 16.3 Å². The summed E-state index contributed by atoms with van der Waals surface area (Å²) in [5, 5.41) is 0.143. The molecule has 0 aromatic heterocycles. The molecule has 0 aromatic rings. The molecule has 0 saturated heterocycles. The second kappa shape index (κ2) is 7.85. The molecule has 0 amide bonds. The van der Waals surface area contributed by atoms with Gasteiger partial charge in [0.15, 0.2) is 5.12 Å². The zero-order chi connectivity index (χ0) is 11.0. The van der Waals surface area contributed by atoms with E-state index in [1.165, 1.54) is 18.7 Å². The molecule has 82 valence electrons. The summed E-state index contributed by atoms with van der Waals surface area (Å²) in [5.41, 5.74) is 0. The highest BCUT2D eigenvalue weighted by atomic mass is 32.2. The van der Waals surface area contributed by atoms with Gasteiger partial charge in [-0.15, -0.1) is 0 Å². The fourth-order valence-corrected chi connectivity index (χ4v) is 2.21. The van der Waals surface area contributed by atoms with Crippen LogP contribution in [-0.2, 0) is 14.3 Å². The quantitative estimate of drug-likeness (QED) is 0.642. The Kier molecular flexibility index (Phi) is 7.57. The highest BCUT2D eigenvalue weighted by Crippen LogP contribution is 2.20. The predicted octanol–water partition coefficient (Wildman–Crippen LogP) is 2.39. The first-order valence-electron chi connectivity index (χ1n) is 4.93. The summed E-state index contributed by atoms with van der Waals surface area (Å²) in [7, 11) is 0. The van der Waals surface area contributed by atoms with Crippen molar-refractivity contribution >= 4 is 22.8 Å². The second-order valence-corrected chi connectivity index (χ2v) is 4.51. The Balaban J connectivity index is 3.94. The molecule has 1 atom stereocenters. The van der Waals surface area contributed by atoms with E-state index in [0.717, 1.165) is 12.8 Å². The highest BCUT2D eigenvalue weighted by molar-refractivity contribution is 8.14. The molecule has 0 N–H and O–H groups in total. The third kappa shape index (κ3) is 6.95. The van der Waals surface area contributed by atoms with Gasteiger partial charge in [-0.2, -0.15) is 0 Å². The Hall–Kier alpha value is -0.510. The summed E-state index contributed by atoms with van der Waals surface area (Å²) in [6, 6.07) is 0. The molecule has 14 heavy (non-hydrogen) atoms. The molecule has 0 heterocycles. The van der Waals surface area contributed by atoms with Crippen LogP contribution in [-0.4, -0.2) is 22.9 Å². The second-order valence-electron chi connectivity index (χ2n) is 3.03. The number of rotatable bonds is 6. The van der Waals surface area contributed by atoms with Crippen molar-refractivity contribution in [1.29, 1.82) is 0 Å². The normalized spacial score (nSPS) is 12.2. The van der Waals surface area contributed by atoms with Crippen molar-refractivity contribution in [1.82, 2.24) is 0 Å². The van der Waals surface area contributed by atoms with Gasteiger partial charge < -0.3 is 4.74 Å². The Morgan fingerprint density at radius 2 is 2.00 bits per heavy atom. The number of ether oxygens (including phenoxy) is 1. The lowest BCUT2D eigenvalue weighted by molar-refractivity contribution is -0.143. The molecule has 0 rings (SSSR count). The summed E-state index contributed by atoms with van der Waals surface area (Å²) in [6.07, 6.45) is 2.19. The van der Waals surface area contributed by atoms with Crippen LogP contribution in [0.15, 0.2) is 0 Å². The van der Waals surface area contributed by atoms with Crippen molar-refractivity contribution in [3.63, 3.8) is 0 Å². The number of esters is 1. The minimum Gasteiger partial charge on any atom is -0.466 e. The largest absolute Gasteiger partial charge is 0.466 e. The molecule has 0 fully saturated rings. The van der Waals surface area contributed by atoms with E-state index in [0.29, 0.717) is 13.0 Å². The average molecular weight is 218 g/mol. The predicted molar refractivity (Wildman–Crippen MR) is 58.2 cm³/mol. The lowest BCUT2D eigenvalue weighted by atomic mass is 10.2. The first-order chi connectivity index (χ1) is 6.60. The van der Waals surface area contributed by atoms with Gasteiger partial charge in [0.1, 0.15) is 0 Å². The third-order valence-electron chi connectivity index (χ3n) is 1.64. The van der Waals surface area contributed by atoms with Crippen LogP contribution in [0.25, 0.3) is 0 Å². The number of hydrogen-bond donors (Lipinski definition) is 0. The minimum atomic E-state index is -0.209. The monoisotopic (exact) mass is 218 g/mol. The smallest absolute Gasteiger partial charge is 0.306 e. The van der Waals surface area contributed by atoms with E-state index in [9.17, 15) is 9.59 Å². The van der Waals surface area contributed by atoms with Crippen LogP contribution < -0.4 is 0 Å². The maximum absolute atomic E-state index is 11.2. The van der Waals surface area contributed by atoms with Crippen molar-refractivity contribution in [3.8, 4) is 0 Å². The lowest BCUT2D eigenvalue weighted by Gasteiger charge is -2.12. The zero-order valence-electron chi connectivity index (χ0n) is 9.04. The van der Waals surface area contributed by atoms with E-state index in [2.05, 4.69) is 0 Å². The molecular formula is C10H18O3S. The van der Waals surface area contributed by atoms with Crippen LogP contribution in [0.4, 0.5) is 0 Å². The van der Waals surface area contributed by atoms with Gasteiger partial charge in [-0.25, -0.2) is 0 Å². The fourth-order valence-electron chi connectivity index (χ4n) is 1.17. The van der Waals surface area contributed by atoms with Crippen LogP contribution in [0.5, 0.6) is 0 Å². The number of thioether (sulfide) groups is 1. The summed E-state index contributed by atoms with van der Waals surface area (Å²) in [5.74, 6) is -0.209. The van der Waals surface area contributed by atoms with Gasteiger partial charge in [-0.3, -0.25) is 9.59 Å². The van der Waals surface area contributed by atoms with Gasteiger partial charge in [0.05, 0.1) is 13.0 Å². The van der Waals surface area contributed by atoms with Crippen molar-refractivity contribution in [2.75, 3.05) is 6.61 Å². The average Bonchev–Trinajstić information content (AvgIpc) is 2.03. The molecule has 0 radical (unpaired) electrons. The first-order valence-corrected chi connectivity index (χ1v) is 5.80. The molecule has 0 aliphatic carbocycles. The van der Waals surface area contributed by atoms with Crippen LogP contribution in [0.3, 0.4) is 0 Å². The number of carbonyl (C=O) groups excluding carboxylic acids is 2. The molecule has 0 spiro atoms. The van der Waals surface area contributed by atoms with E-state index < -0.39 is 0 Å². The van der Waals surface area contributed by atoms with Gasteiger partial charge in [0.25, 0.3) is 0 Å². The Labute approximate surface area is 89.6 Å². The fraction of sp³-hybridized carbons (Fsp3) is 0.800. The lowest BCUT2D eigenvalue weighted by Crippen LogP contribution is -2.14. The molecular weight excluding hydrogens is 200 g/mol. The zero-order valence-corrected chi connectivity index (χ0v) is 9.86. The first kappa shape index (κ1) is 13.5. The SMILES string of the molecule is CCCC(CC(=O)OCC)SC(C)=O. The molecule has 3 nitrogen and oxygen atoms in total. The Bertz CT molecular complexity index is 192.